The molecule has 1 aromatic rings. The van der Waals surface area contributed by atoms with Crippen LogP contribution in [0.25, 0.3) is 0 Å². The Bertz CT molecular complexity index is 378. The van der Waals surface area contributed by atoms with Crippen molar-refractivity contribution in [2.45, 2.75) is 26.7 Å². The van der Waals surface area contributed by atoms with Crippen molar-refractivity contribution < 1.29 is 4.39 Å². The maximum absolute atomic E-state index is 13.3. The van der Waals surface area contributed by atoms with E-state index < -0.39 is 0 Å². The highest BCUT2D eigenvalue weighted by atomic mass is 19.1. The van der Waals surface area contributed by atoms with Gasteiger partial charge in [-0.1, -0.05) is 19.9 Å². The molecule has 0 atom stereocenters. The predicted molar refractivity (Wildman–Crippen MR) is 66.0 cm³/mol. The third-order valence-corrected chi connectivity index (χ3v) is 3.49. The first-order chi connectivity index (χ1) is 7.49. The average molecular weight is 222 g/mol. The standard InChI is InChI=1S/C13H19FN2/c1-13(2)6-8-16(9-7-13)11-5-3-4-10(14)12(11)15/h3-5H,6-9,15H2,1-2H3. The lowest BCUT2D eigenvalue weighted by atomic mass is 9.82. The Morgan fingerprint density at radius 1 is 1.25 bits per heavy atom. The molecule has 1 fully saturated rings. The molecule has 0 unspecified atom stereocenters. The van der Waals surface area contributed by atoms with Crippen molar-refractivity contribution in [3.8, 4) is 0 Å². The van der Waals surface area contributed by atoms with Gasteiger partial charge in [0, 0.05) is 13.1 Å². The molecule has 2 N–H and O–H groups in total. The molecule has 0 radical (unpaired) electrons. The molecular formula is C13H19FN2. The van der Waals surface area contributed by atoms with Gasteiger partial charge in [0.25, 0.3) is 0 Å². The van der Waals surface area contributed by atoms with E-state index in [0.717, 1.165) is 31.6 Å². The van der Waals surface area contributed by atoms with Gasteiger partial charge in [-0.05, 0) is 30.4 Å². The van der Waals surface area contributed by atoms with Gasteiger partial charge in [0.15, 0.2) is 0 Å². The Balaban J connectivity index is 2.17. The van der Waals surface area contributed by atoms with E-state index in [4.69, 9.17) is 5.73 Å². The molecule has 0 saturated carbocycles. The lowest BCUT2D eigenvalue weighted by molar-refractivity contribution is 0.280. The zero-order valence-electron chi connectivity index (χ0n) is 9.96. The summed E-state index contributed by atoms with van der Waals surface area (Å²) in [5.74, 6) is -0.317. The fourth-order valence-electron chi connectivity index (χ4n) is 2.15. The third-order valence-electron chi connectivity index (χ3n) is 3.49. The van der Waals surface area contributed by atoms with E-state index in [2.05, 4.69) is 18.7 Å². The molecule has 1 heterocycles. The van der Waals surface area contributed by atoms with Crippen LogP contribution in [0.4, 0.5) is 15.8 Å². The fraction of sp³-hybridized carbons (Fsp3) is 0.538. The zero-order chi connectivity index (χ0) is 11.8. The minimum Gasteiger partial charge on any atom is -0.395 e. The van der Waals surface area contributed by atoms with Crippen LogP contribution in [0.3, 0.4) is 0 Å². The van der Waals surface area contributed by atoms with Crippen LogP contribution in [0.1, 0.15) is 26.7 Å². The molecule has 1 saturated heterocycles. The first-order valence-corrected chi connectivity index (χ1v) is 5.78. The smallest absolute Gasteiger partial charge is 0.148 e. The van der Waals surface area contributed by atoms with Crippen molar-refractivity contribution >= 4 is 11.4 Å². The second kappa shape index (κ2) is 3.96. The SMILES string of the molecule is CC1(C)CCN(c2cccc(F)c2N)CC1. The van der Waals surface area contributed by atoms with Crippen molar-refractivity contribution in [1.29, 1.82) is 0 Å². The summed E-state index contributed by atoms with van der Waals surface area (Å²) >= 11 is 0. The number of hydrogen-bond donors (Lipinski definition) is 1. The Morgan fingerprint density at radius 2 is 1.88 bits per heavy atom. The van der Waals surface area contributed by atoms with Crippen molar-refractivity contribution in [1.82, 2.24) is 0 Å². The van der Waals surface area contributed by atoms with E-state index in [1.807, 2.05) is 6.07 Å². The van der Waals surface area contributed by atoms with E-state index in [1.54, 1.807) is 6.07 Å². The third kappa shape index (κ3) is 2.13. The van der Waals surface area contributed by atoms with Crippen molar-refractivity contribution in [3.05, 3.63) is 24.0 Å². The van der Waals surface area contributed by atoms with E-state index in [1.165, 1.54) is 6.07 Å². The normalized spacial score (nSPS) is 19.8. The number of rotatable bonds is 1. The fourth-order valence-corrected chi connectivity index (χ4v) is 2.15. The van der Waals surface area contributed by atoms with Crippen molar-refractivity contribution in [2.75, 3.05) is 23.7 Å². The van der Waals surface area contributed by atoms with Gasteiger partial charge in [-0.2, -0.15) is 0 Å². The first kappa shape index (κ1) is 11.2. The lowest BCUT2D eigenvalue weighted by Crippen LogP contribution is -2.37. The molecule has 1 aliphatic rings. The molecule has 0 amide bonds. The minimum absolute atomic E-state index is 0.280. The van der Waals surface area contributed by atoms with E-state index in [0.29, 0.717) is 5.41 Å². The molecule has 2 rings (SSSR count). The van der Waals surface area contributed by atoms with Gasteiger partial charge in [0.2, 0.25) is 0 Å². The largest absolute Gasteiger partial charge is 0.395 e. The van der Waals surface area contributed by atoms with Crippen LogP contribution in [0.2, 0.25) is 0 Å². The van der Waals surface area contributed by atoms with Crippen LogP contribution in [0.5, 0.6) is 0 Å². The van der Waals surface area contributed by atoms with Crippen LogP contribution < -0.4 is 10.6 Å². The molecule has 0 aliphatic carbocycles. The second-order valence-corrected chi connectivity index (χ2v) is 5.32. The Labute approximate surface area is 96.2 Å². The van der Waals surface area contributed by atoms with E-state index >= 15 is 0 Å². The maximum atomic E-state index is 13.3. The summed E-state index contributed by atoms with van der Waals surface area (Å²) in [5.41, 5.74) is 7.29. The summed E-state index contributed by atoms with van der Waals surface area (Å²) in [7, 11) is 0. The van der Waals surface area contributed by atoms with Crippen LogP contribution in [-0.4, -0.2) is 13.1 Å². The molecule has 0 bridgehead atoms. The highest BCUT2D eigenvalue weighted by Crippen LogP contribution is 2.34. The van der Waals surface area contributed by atoms with Gasteiger partial charge in [0.1, 0.15) is 5.82 Å². The van der Waals surface area contributed by atoms with Crippen LogP contribution >= 0.6 is 0 Å². The maximum Gasteiger partial charge on any atom is 0.148 e. The monoisotopic (exact) mass is 222 g/mol. The van der Waals surface area contributed by atoms with Crippen molar-refractivity contribution in [3.63, 3.8) is 0 Å². The highest BCUT2D eigenvalue weighted by Gasteiger charge is 2.26. The lowest BCUT2D eigenvalue weighted by Gasteiger charge is -2.38. The molecule has 1 aliphatic heterocycles. The van der Waals surface area contributed by atoms with E-state index in [9.17, 15) is 4.39 Å². The number of benzene rings is 1. The van der Waals surface area contributed by atoms with Gasteiger partial charge in [-0.15, -0.1) is 0 Å². The number of hydrogen-bond acceptors (Lipinski definition) is 2. The topological polar surface area (TPSA) is 29.3 Å². The molecule has 88 valence electrons. The number of piperidine rings is 1. The summed E-state index contributed by atoms with van der Waals surface area (Å²) in [4.78, 5) is 2.18. The molecular weight excluding hydrogens is 203 g/mol. The summed E-state index contributed by atoms with van der Waals surface area (Å²) in [6, 6.07) is 5.03. The molecule has 16 heavy (non-hydrogen) atoms. The number of anilines is 2. The number of nitrogen functional groups attached to an aromatic ring is 1. The van der Waals surface area contributed by atoms with Gasteiger partial charge in [0.05, 0.1) is 11.4 Å². The molecule has 3 heteroatoms. The summed E-state index contributed by atoms with van der Waals surface area (Å²) in [6.45, 7) is 6.47. The molecule has 0 aromatic heterocycles. The molecule has 1 aromatic carbocycles. The Morgan fingerprint density at radius 3 is 2.50 bits per heavy atom. The first-order valence-electron chi connectivity index (χ1n) is 5.78. The number of nitrogens with zero attached hydrogens (tertiary/aromatic N) is 1. The van der Waals surface area contributed by atoms with Crippen LogP contribution in [0, 0.1) is 11.2 Å². The second-order valence-electron chi connectivity index (χ2n) is 5.32. The van der Waals surface area contributed by atoms with Crippen LogP contribution in [-0.2, 0) is 0 Å². The molecule has 0 spiro atoms. The summed E-state index contributed by atoms with van der Waals surface area (Å²) < 4.78 is 13.3. The van der Waals surface area contributed by atoms with E-state index in [-0.39, 0.29) is 11.5 Å². The Hall–Kier alpha value is -1.25. The average Bonchev–Trinajstić information content (AvgIpc) is 2.23. The summed E-state index contributed by atoms with van der Waals surface area (Å²) in [5, 5.41) is 0. The van der Waals surface area contributed by atoms with Gasteiger partial charge < -0.3 is 10.6 Å². The van der Waals surface area contributed by atoms with Crippen molar-refractivity contribution in [2.24, 2.45) is 5.41 Å². The highest BCUT2D eigenvalue weighted by molar-refractivity contribution is 5.68. The molecule has 2 nitrogen and oxygen atoms in total. The number of nitrogens with two attached hydrogens (primary N) is 1. The predicted octanol–water partition coefficient (Wildman–Crippen LogP) is 3.03. The number of halogens is 1. The minimum atomic E-state index is -0.317. The van der Waals surface area contributed by atoms with Gasteiger partial charge in [-0.25, -0.2) is 4.39 Å². The van der Waals surface area contributed by atoms with Gasteiger partial charge in [-0.3, -0.25) is 0 Å². The quantitative estimate of drug-likeness (QED) is 0.740. The zero-order valence-corrected chi connectivity index (χ0v) is 9.96. The van der Waals surface area contributed by atoms with Crippen LogP contribution in [0.15, 0.2) is 18.2 Å². The number of para-hydroxylation sites is 1. The Kier molecular flexibility index (Phi) is 2.78. The van der Waals surface area contributed by atoms with Gasteiger partial charge >= 0.3 is 0 Å². The summed E-state index contributed by atoms with van der Waals surface area (Å²) in [6.07, 6.45) is 2.26.